The van der Waals surface area contributed by atoms with Gasteiger partial charge in [0.2, 0.25) is 5.28 Å². The summed E-state index contributed by atoms with van der Waals surface area (Å²) in [7, 11) is 0. The molecular formula is C23H19Cl2N5O. The molecule has 4 aromatic rings. The van der Waals surface area contributed by atoms with E-state index in [1.165, 1.54) is 6.20 Å². The van der Waals surface area contributed by atoms with Gasteiger partial charge in [0.05, 0.1) is 11.1 Å². The third kappa shape index (κ3) is 4.76. The van der Waals surface area contributed by atoms with Crippen molar-refractivity contribution in [3.05, 3.63) is 87.9 Å². The molecule has 6 nitrogen and oxygen atoms in total. The number of carbonyl (C=O) groups is 1. The van der Waals surface area contributed by atoms with E-state index in [2.05, 4.69) is 25.6 Å². The molecule has 2 N–H and O–H groups in total. The van der Waals surface area contributed by atoms with E-state index in [1.807, 2.05) is 56.3 Å². The highest BCUT2D eigenvalue weighted by Gasteiger charge is 2.13. The Kier molecular flexibility index (Phi) is 6.02. The molecule has 0 saturated heterocycles. The summed E-state index contributed by atoms with van der Waals surface area (Å²) in [5.41, 5.74) is 4.01. The molecular weight excluding hydrogens is 433 g/mol. The molecule has 1 amide bonds. The first-order valence-electron chi connectivity index (χ1n) is 9.63. The number of nitrogens with zero attached hydrogens (tertiary/aromatic N) is 3. The summed E-state index contributed by atoms with van der Waals surface area (Å²) in [4.78, 5) is 25.0. The molecule has 2 aromatic heterocycles. The van der Waals surface area contributed by atoms with E-state index in [0.29, 0.717) is 22.2 Å². The van der Waals surface area contributed by atoms with Crippen LogP contribution in [0, 0.1) is 6.92 Å². The molecule has 4 rings (SSSR count). The van der Waals surface area contributed by atoms with Gasteiger partial charge in [0.1, 0.15) is 11.0 Å². The largest absolute Gasteiger partial charge is 0.363 e. The molecule has 2 heterocycles. The van der Waals surface area contributed by atoms with Crippen LogP contribution in [0.5, 0.6) is 0 Å². The van der Waals surface area contributed by atoms with Crippen molar-refractivity contribution in [3.63, 3.8) is 0 Å². The predicted octanol–water partition coefficient (Wildman–Crippen LogP) is 6.07. The summed E-state index contributed by atoms with van der Waals surface area (Å²) in [5.74, 6) is 0.430. The number of benzene rings is 2. The van der Waals surface area contributed by atoms with Gasteiger partial charge in [-0.2, -0.15) is 0 Å². The van der Waals surface area contributed by atoms with Crippen LogP contribution >= 0.6 is 23.2 Å². The van der Waals surface area contributed by atoms with Crippen LogP contribution in [0.4, 0.5) is 11.5 Å². The molecule has 0 bridgehead atoms. The minimum atomic E-state index is -0.249. The lowest BCUT2D eigenvalue weighted by atomic mass is 10.1. The van der Waals surface area contributed by atoms with Crippen molar-refractivity contribution in [1.29, 1.82) is 0 Å². The van der Waals surface area contributed by atoms with Gasteiger partial charge in [-0.1, -0.05) is 35.9 Å². The average Bonchev–Trinajstić information content (AvgIpc) is 2.75. The van der Waals surface area contributed by atoms with Gasteiger partial charge in [0, 0.05) is 23.3 Å². The van der Waals surface area contributed by atoms with Crippen molar-refractivity contribution >= 4 is 51.5 Å². The van der Waals surface area contributed by atoms with Crippen molar-refractivity contribution < 1.29 is 4.79 Å². The van der Waals surface area contributed by atoms with Crippen molar-refractivity contribution in [3.8, 4) is 0 Å². The smallest absolute Gasteiger partial charge is 0.257 e. The molecule has 0 radical (unpaired) electrons. The number of rotatable bonds is 5. The zero-order chi connectivity index (χ0) is 22.0. The number of amides is 1. The molecule has 1 atom stereocenters. The van der Waals surface area contributed by atoms with Gasteiger partial charge in [-0.25, -0.2) is 15.0 Å². The lowest BCUT2D eigenvalue weighted by Gasteiger charge is -2.17. The number of pyridine rings is 1. The molecule has 0 unspecified atom stereocenters. The first-order chi connectivity index (χ1) is 14.9. The lowest BCUT2D eigenvalue weighted by molar-refractivity contribution is 0.102. The molecule has 8 heteroatoms. The SMILES string of the molecule is Cc1cccc2c(N[C@@H](C)c3ccc(NC(=O)c4ccc(Cl)nc4)cc3)nc(Cl)nc12. The maximum absolute atomic E-state index is 12.3. The zero-order valence-corrected chi connectivity index (χ0v) is 18.4. The van der Waals surface area contributed by atoms with Crippen LogP contribution in [0.3, 0.4) is 0 Å². The van der Waals surface area contributed by atoms with Gasteiger partial charge >= 0.3 is 0 Å². The van der Waals surface area contributed by atoms with Crippen LogP contribution in [0.1, 0.15) is 34.5 Å². The number of carbonyl (C=O) groups excluding carboxylic acids is 1. The fourth-order valence-electron chi connectivity index (χ4n) is 3.24. The number of para-hydroxylation sites is 1. The van der Waals surface area contributed by atoms with Crippen LogP contribution in [-0.2, 0) is 0 Å². The van der Waals surface area contributed by atoms with Crippen LogP contribution in [-0.4, -0.2) is 20.9 Å². The van der Waals surface area contributed by atoms with E-state index in [1.54, 1.807) is 12.1 Å². The average molecular weight is 452 g/mol. The Morgan fingerprint density at radius 2 is 1.77 bits per heavy atom. The quantitative estimate of drug-likeness (QED) is 0.284. The Balaban J connectivity index is 1.49. The number of halogens is 2. The Bertz CT molecular complexity index is 1240. The molecule has 31 heavy (non-hydrogen) atoms. The van der Waals surface area contributed by atoms with Crippen LogP contribution in [0.25, 0.3) is 10.9 Å². The maximum Gasteiger partial charge on any atom is 0.257 e. The third-order valence-corrected chi connectivity index (χ3v) is 5.30. The van der Waals surface area contributed by atoms with E-state index in [-0.39, 0.29) is 17.2 Å². The fraction of sp³-hybridized carbons (Fsp3) is 0.130. The standard InChI is InChI=1S/C23H19Cl2N5O/c1-13-4-3-5-18-20(13)29-23(25)30-21(18)27-14(2)15-6-9-17(10-7-15)28-22(31)16-8-11-19(24)26-12-16/h3-12,14H,1-2H3,(H,28,31)(H,27,29,30)/t14-/m0/s1. The van der Waals surface area contributed by atoms with Gasteiger partial charge in [0.15, 0.2) is 0 Å². The summed E-state index contributed by atoms with van der Waals surface area (Å²) < 4.78 is 0. The second kappa shape index (κ2) is 8.88. The Morgan fingerprint density at radius 1 is 1.00 bits per heavy atom. The van der Waals surface area contributed by atoms with E-state index in [4.69, 9.17) is 23.2 Å². The monoisotopic (exact) mass is 451 g/mol. The van der Waals surface area contributed by atoms with Gasteiger partial charge in [0.25, 0.3) is 5.91 Å². The van der Waals surface area contributed by atoms with E-state index in [9.17, 15) is 4.79 Å². The normalized spacial score (nSPS) is 11.9. The summed E-state index contributed by atoms with van der Waals surface area (Å²) in [6.45, 7) is 4.02. The Morgan fingerprint density at radius 3 is 2.48 bits per heavy atom. The minimum absolute atomic E-state index is 0.0418. The van der Waals surface area contributed by atoms with E-state index >= 15 is 0 Å². The predicted molar refractivity (Wildman–Crippen MR) is 125 cm³/mol. The zero-order valence-electron chi connectivity index (χ0n) is 16.9. The summed E-state index contributed by atoms with van der Waals surface area (Å²) >= 11 is 11.9. The molecule has 0 aliphatic heterocycles. The van der Waals surface area contributed by atoms with E-state index < -0.39 is 0 Å². The molecule has 0 saturated carbocycles. The lowest BCUT2D eigenvalue weighted by Crippen LogP contribution is -2.12. The van der Waals surface area contributed by atoms with Gasteiger partial charge in [-0.3, -0.25) is 4.79 Å². The first kappa shape index (κ1) is 21.0. The number of aryl methyl sites for hydroxylation is 1. The van der Waals surface area contributed by atoms with E-state index in [0.717, 1.165) is 22.0 Å². The van der Waals surface area contributed by atoms with Crippen molar-refractivity contribution in [2.75, 3.05) is 10.6 Å². The van der Waals surface area contributed by atoms with Gasteiger partial charge in [-0.05, 0) is 66.9 Å². The minimum Gasteiger partial charge on any atom is -0.363 e. The van der Waals surface area contributed by atoms with Crippen LogP contribution in [0.15, 0.2) is 60.8 Å². The molecule has 2 aromatic carbocycles. The highest BCUT2D eigenvalue weighted by Crippen LogP contribution is 2.28. The van der Waals surface area contributed by atoms with Crippen molar-refractivity contribution in [2.45, 2.75) is 19.9 Å². The number of hydrogen-bond acceptors (Lipinski definition) is 5. The summed E-state index contributed by atoms with van der Waals surface area (Å²) in [6, 6.07) is 16.7. The Labute approximate surface area is 189 Å². The van der Waals surface area contributed by atoms with Gasteiger partial charge in [-0.15, -0.1) is 0 Å². The number of fused-ring (bicyclic) bond motifs is 1. The first-order valence-corrected chi connectivity index (χ1v) is 10.4. The summed E-state index contributed by atoms with van der Waals surface area (Å²) in [5, 5.41) is 7.72. The maximum atomic E-state index is 12.3. The molecule has 0 aliphatic carbocycles. The van der Waals surface area contributed by atoms with Crippen molar-refractivity contribution in [2.24, 2.45) is 0 Å². The molecule has 0 fully saturated rings. The number of aromatic nitrogens is 3. The molecule has 0 spiro atoms. The topological polar surface area (TPSA) is 79.8 Å². The third-order valence-electron chi connectivity index (χ3n) is 4.91. The van der Waals surface area contributed by atoms with Crippen LogP contribution < -0.4 is 10.6 Å². The van der Waals surface area contributed by atoms with Crippen LogP contribution in [0.2, 0.25) is 10.4 Å². The highest BCUT2D eigenvalue weighted by atomic mass is 35.5. The summed E-state index contributed by atoms with van der Waals surface area (Å²) in [6.07, 6.45) is 1.44. The number of nitrogens with one attached hydrogen (secondary N) is 2. The Hall–Kier alpha value is -3.22. The second-order valence-corrected chi connectivity index (χ2v) is 7.85. The van der Waals surface area contributed by atoms with Crippen molar-refractivity contribution in [1.82, 2.24) is 15.0 Å². The second-order valence-electron chi connectivity index (χ2n) is 7.12. The number of hydrogen-bond donors (Lipinski definition) is 2. The molecule has 0 aliphatic rings. The fourth-order valence-corrected chi connectivity index (χ4v) is 3.52. The molecule has 156 valence electrons. The number of anilines is 2. The highest BCUT2D eigenvalue weighted by molar-refractivity contribution is 6.29. The van der Waals surface area contributed by atoms with Gasteiger partial charge < -0.3 is 10.6 Å².